The van der Waals surface area contributed by atoms with E-state index in [1.807, 2.05) is 6.20 Å². The van der Waals surface area contributed by atoms with Gasteiger partial charge >= 0.3 is 0 Å². The average molecular weight is 234 g/mol. The van der Waals surface area contributed by atoms with Crippen LogP contribution in [0.4, 0.5) is 11.8 Å². The van der Waals surface area contributed by atoms with E-state index in [1.165, 1.54) is 24.8 Å². The summed E-state index contributed by atoms with van der Waals surface area (Å²) in [5.41, 5.74) is 1.17. The van der Waals surface area contributed by atoms with Gasteiger partial charge in [0.1, 0.15) is 5.82 Å². The molecule has 17 heavy (non-hydrogen) atoms. The molecular formula is C13H22N4. The molecule has 1 aromatic rings. The van der Waals surface area contributed by atoms with Crippen LogP contribution in [0.2, 0.25) is 0 Å². The van der Waals surface area contributed by atoms with Crippen molar-refractivity contribution in [3.63, 3.8) is 0 Å². The van der Waals surface area contributed by atoms with Gasteiger partial charge in [0, 0.05) is 30.9 Å². The number of aromatic nitrogens is 2. The Morgan fingerprint density at radius 1 is 1.47 bits per heavy atom. The highest BCUT2D eigenvalue weighted by Crippen LogP contribution is 2.26. The lowest BCUT2D eigenvalue weighted by molar-refractivity contribution is 0.480. The molecule has 0 saturated carbocycles. The lowest BCUT2D eigenvalue weighted by Gasteiger charge is -2.35. The van der Waals surface area contributed by atoms with Crippen LogP contribution in [0.1, 0.15) is 38.7 Å². The molecule has 0 bridgehead atoms. The van der Waals surface area contributed by atoms with Crippen molar-refractivity contribution in [3.05, 3.63) is 11.8 Å². The Bertz CT molecular complexity index is 378. The molecule has 94 valence electrons. The summed E-state index contributed by atoms with van der Waals surface area (Å²) >= 11 is 0. The fraction of sp³-hybridized carbons (Fsp3) is 0.692. The zero-order valence-electron chi connectivity index (χ0n) is 11.0. The highest BCUT2D eigenvalue weighted by atomic mass is 15.2. The number of piperidine rings is 1. The second kappa shape index (κ2) is 5.34. The molecule has 2 rings (SSSR count). The van der Waals surface area contributed by atoms with E-state index < -0.39 is 0 Å². The van der Waals surface area contributed by atoms with Gasteiger partial charge in [-0.25, -0.2) is 4.98 Å². The Morgan fingerprint density at radius 2 is 2.29 bits per heavy atom. The molecule has 0 amide bonds. The zero-order chi connectivity index (χ0) is 12.3. The Kier molecular flexibility index (Phi) is 3.82. The highest BCUT2D eigenvalue weighted by molar-refractivity contribution is 5.50. The predicted molar refractivity (Wildman–Crippen MR) is 71.6 cm³/mol. The number of hydrogen-bond acceptors (Lipinski definition) is 4. The topological polar surface area (TPSA) is 41.1 Å². The first-order chi connectivity index (χ1) is 8.22. The van der Waals surface area contributed by atoms with E-state index in [1.54, 1.807) is 0 Å². The summed E-state index contributed by atoms with van der Waals surface area (Å²) in [6.45, 7) is 8.41. The molecule has 1 aromatic heterocycles. The lowest BCUT2D eigenvalue weighted by atomic mass is 10.0. The first-order valence-electron chi connectivity index (χ1n) is 6.56. The van der Waals surface area contributed by atoms with Crippen molar-refractivity contribution >= 4 is 11.8 Å². The summed E-state index contributed by atoms with van der Waals surface area (Å²) in [5.74, 6) is 1.84. The maximum Gasteiger partial charge on any atom is 0.224 e. The van der Waals surface area contributed by atoms with Gasteiger partial charge in [0.05, 0.1) is 0 Å². The van der Waals surface area contributed by atoms with Crippen LogP contribution in [0.5, 0.6) is 0 Å². The Labute approximate surface area is 103 Å². The number of anilines is 2. The van der Waals surface area contributed by atoms with E-state index >= 15 is 0 Å². The molecule has 1 aliphatic rings. The third kappa shape index (κ3) is 2.68. The van der Waals surface area contributed by atoms with Crippen molar-refractivity contribution in [1.82, 2.24) is 9.97 Å². The zero-order valence-corrected chi connectivity index (χ0v) is 11.0. The molecule has 0 aliphatic carbocycles. The lowest BCUT2D eigenvalue weighted by Crippen LogP contribution is -2.38. The monoisotopic (exact) mass is 234 g/mol. The van der Waals surface area contributed by atoms with Gasteiger partial charge in [-0.3, -0.25) is 0 Å². The number of rotatable bonds is 3. The van der Waals surface area contributed by atoms with Crippen molar-refractivity contribution < 1.29 is 0 Å². The van der Waals surface area contributed by atoms with Crippen LogP contribution in [-0.4, -0.2) is 29.1 Å². The van der Waals surface area contributed by atoms with Crippen molar-refractivity contribution in [2.24, 2.45) is 0 Å². The maximum absolute atomic E-state index is 4.64. The summed E-state index contributed by atoms with van der Waals surface area (Å²) in [4.78, 5) is 11.4. The molecule has 0 spiro atoms. The molecule has 1 unspecified atom stereocenters. The number of nitrogens with one attached hydrogen (secondary N) is 1. The van der Waals surface area contributed by atoms with Gasteiger partial charge in [-0.15, -0.1) is 0 Å². The fourth-order valence-electron chi connectivity index (χ4n) is 2.38. The minimum atomic E-state index is 0.590. The highest BCUT2D eigenvalue weighted by Gasteiger charge is 2.21. The first-order valence-corrected chi connectivity index (χ1v) is 6.56. The van der Waals surface area contributed by atoms with Crippen molar-refractivity contribution in [2.45, 2.75) is 46.1 Å². The summed E-state index contributed by atoms with van der Waals surface area (Å²) in [7, 11) is 0. The van der Waals surface area contributed by atoms with Crippen LogP contribution < -0.4 is 10.2 Å². The molecule has 1 fully saturated rings. The van der Waals surface area contributed by atoms with Gasteiger partial charge < -0.3 is 10.2 Å². The average Bonchev–Trinajstić information content (AvgIpc) is 2.33. The quantitative estimate of drug-likeness (QED) is 0.872. The van der Waals surface area contributed by atoms with E-state index in [-0.39, 0.29) is 0 Å². The molecule has 1 atom stereocenters. The van der Waals surface area contributed by atoms with Gasteiger partial charge in [-0.1, -0.05) is 0 Å². The van der Waals surface area contributed by atoms with Crippen LogP contribution in [0, 0.1) is 6.92 Å². The SMILES string of the molecule is CCNc1ncc(C)c(N2CCCCC2C)n1. The van der Waals surface area contributed by atoms with Crippen molar-refractivity contribution in [2.75, 3.05) is 23.3 Å². The second-order valence-electron chi connectivity index (χ2n) is 4.77. The Hall–Kier alpha value is -1.32. The van der Waals surface area contributed by atoms with E-state index in [0.717, 1.165) is 24.9 Å². The molecule has 1 aliphatic heterocycles. The molecule has 2 heterocycles. The van der Waals surface area contributed by atoms with Crippen LogP contribution >= 0.6 is 0 Å². The van der Waals surface area contributed by atoms with E-state index in [2.05, 4.69) is 41.0 Å². The van der Waals surface area contributed by atoms with Crippen LogP contribution in [-0.2, 0) is 0 Å². The van der Waals surface area contributed by atoms with Crippen LogP contribution in [0.25, 0.3) is 0 Å². The van der Waals surface area contributed by atoms with E-state index in [4.69, 9.17) is 0 Å². The minimum absolute atomic E-state index is 0.590. The molecule has 1 N–H and O–H groups in total. The summed E-state index contributed by atoms with van der Waals surface area (Å²) in [6.07, 6.45) is 5.79. The maximum atomic E-state index is 4.64. The molecule has 4 nitrogen and oxygen atoms in total. The second-order valence-corrected chi connectivity index (χ2v) is 4.77. The number of nitrogens with zero attached hydrogens (tertiary/aromatic N) is 3. The van der Waals surface area contributed by atoms with Gasteiger partial charge in [0.15, 0.2) is 0 Å². The first kappa shape index (κ1) is 12.1. The molecule has 0 aromatic carbocycles. The largest absolute Gasteiger partial charge is 0.354 e. The van der Waals surface area contributed by atoms with Gasteiger partial charge in [0.2, 0.25) is 5.95 Å². The van der Waals surface area contributed by atoms with E-state index in [0.29, 0.717) is 6.04 Å². The molecule has 0 radical (unpaired) electrons. The molecular weight excluding hydrogens is 212 g/mol. The van der Waals surface area contributed by atoms with Gasteiger partial charge in [-0.05, 0) is 40.0 Å². The van der Waals surface area contributed by atoms with Crippen LogP contribution in [0.15, 0.2) is 6.20 Å². The smallest absolute Gasteiger partial charge is 0.224 e. The summed E-state index contributed by atoms with van der Waals surface area (Å²) in [6, 6.07) is 0.590. The number of aryl methyl sites for hydroxylation is 1. The van der Waals surface area contributed by atoms with Gasteiger partial charge in [-0.2, -0.15) is 4.98 Å². The summed E-state index contributed by atoms with van der Waals surface area (Å²) < 4.78 is 0. The van der Waals surface area contributed by atoms with E-state index in [9.17, 15) is 0 Å². The third-order valence-electron chi connectivity index (χ3n) is 3.35. The molecule has 1 saturated heterocycles. The fourth-order valence-corrected chi connectivity index (χ4v) is 2.38. The Balaban J connectivity index is 2.25. The number of hydrogen-bond donors (Lipinski definition) is 1. The normalized spacial score (nSPS) is 20.4. The van der Waals surface area contributed by atoms with Gasteiger partial charge in [0.25, 0.3) is 0 Å². The third-order valence-corrected chi connectivity index (χ3v) is 3.35. The minimum Gasteiger partial charge on any atom is -0.354 e. The predicted octanol–water partition coefficient (Wildman–Crippen LogP) is 2.60. The Morgan fingerprint density at radius 3 is 3.00 bits per heavy atom. The van der Waals surface area contributed by atoms with Crippen molar-refractivity contribution in [1.29, 1.82) is 0 Å². The molecule has 4 heteroatoms. The van der Waals surface area contributed by atoms with Crippen molar-refractivity contribution in [3.8, 4) is 0 Å². The standard InChI is InChI=1S/C13H22N4/c1-4-14-13-15-9-10(2)12(16-13)17-8-6-5-7-11(17)3/h9,11H,4-8H2,1-3H3,(H,14,15,16). The summed E-state index contributed by atoms with van der Waals surface area (Å²) in [5, 5.41) is 3.18. The van der Waals surface area contributed by atoms with Crippen LogP contribution in [0.3, 0.4) is 0 Å².